The van der Waals surface area contributed by atoms with Gasteiger partial charge in [0.2, 0.25) is 10.0 Å². The van der Waals surface area contributed by atoms with Crippen molar-refractivity contribution in [2.45, 2.75) is 24.8 Å². The maximum Gasteiger partial charge on any atom is 0.265 e. The van der Waals surface area contributed by atoms with Crippen molar-refractivity contribution in [1.82, 2.24) is 4.31 Å². The Labute approximate surface area is 158 Å². The summed E-state index contributed by atoms with van der Waals surface area (Å²) >= 11 is 6.03. The molecule has 2 rings (SSSR count). The number of para-hydroxylation sites is 1. The first-order chi connectivity index (χ1) is 12.1. The lowest BCUT2D eigenvalue weighted by Gasteiger charge is -2.18. The van der Waals surface area contributed by atoms with E-state index >= 15 is 0 Å². The van der Waals surface area contributed by atoms with Gasteiger partial charge in [0, 0.05) is 19.8 Å². The first-order valence-electron chi connectivity index (χ1n) is 7.88. The number of aryl methyl sites for hydroxylation is 1. The lowest BCUT2D eigenvalue weighted by atomic mass is 10.2. The van der Waals surface area contributed by atoms with E-state index in [1.54, 1.807) is 44.2 Å². The number of hydrogen-bond donors (Lipinski definition) is 1. The van der Waals surface area contributed by atoms with Crippen LogP contribution in [-0.4, -0.2) is 38.8 Å². The predicted octanol–water partition coefficient (Wildman–Crippen LogP) is 3.30. The molecule has 0 radical (unpaired) electrons. The lowest BCUT2D eigenvalue weighted by Crippen LogP contribution is -2.30. The summed E-state index contributed by atoms with van der Waals surface area (Å²) in [5.41, 5.74) is 1.15. The van der Waals surface area contributed by atoms with Crippen LogP contribution in [0.5, 0.6) is 5.75 Å². The molecule has 0 heterocycles. The van der Waals surface area contributed by atoms with Crippen LogP contribution in [-0.2, 0) is 14.8 Å². The average Bonchev–Trinajstić information content (AvgIpc) is 2.58. The highest BCUT2D eigenvalue weighted by Crippen LogP contribution is 2.25. The number of sulfonamides is 1. The van der Waals surface area contributed by atoms with Crippen LogP contribution in [0.15, 0.2) is 47.4 Å². The molecular weight excluding hydrogens is 376 g/mol. The quantitative estimate of drug-likeness (QED) is 0.812. The Bertz CT molecular complexity index is 913. The highest BCUT2D eigenvalue weighted by molar-refractivity contribution is 7.89. The molecule has 1 amide bonds. The predicted molar refractivity (Wildman–Crippen MR) is 102 cm³/mol. The first kappa shape index (κ1) is 20.2. The van der Waals surface area contributed by atoms with E-state index in [9.17, 15) is 13.2 Å². The minimum Gasteiger partial charge on any atom is -0.479 e. The largest absolute Gasteiger partial charge is 0.479 e. The average molecular weight is 397 g/mol. The molecular formula is C18H21ClN2O4S. The molecule has 2 aromatic rings. The van der Waals surface area contributed by atoms with Crippen LogP contribution < -0.4 is 10.1 Å². The minimum atomic E-state index is -3.59. The number of amides is 1. The second-order valence-electron chi connectivity index (χ2n) is 5.94. The highest BCUT2D eigenvalue weighted by Gasteiger charge is 2.21. The maximum atomic E-state index is 12.4. The SMILES string of the molecule is Cc1ccc(S(=O)(=O)N(C)C)cc1NC(=O)C(C)Oc1ccccc1Cl. The number of benzene rings is 2. The summed E-state index contributed by atoms with van der Waals surface area (Å²) in [4.78, 5) is 12.5. The molecule has 0 aliphatic carbocycles. The molecule has 0 fully saturated rings. The van der Waals surface area contributed by atoms with Gasteiger partial charge in [0.1, 0.15) is 5.75 Å². The van der Waals surface area contributed by atoms with E-state index in [0.717, 1.165) is 9.87 Å². The summed E-state index contributed by atoms with van der Waals surface area (Å²) in [6.45, 7) is 3.37. The summed E-state index contributed by atoms with van der Waals surface area (Å²) in [6, 6.07) is 11.4. The third kappa shape index (κ3) is 4.55. The van der Waals surface area contributed by atoms with Crippen LogP contribution >= 0.6 is 11.6 Å². The van der Waals surface area contributed by atoms with E-state index in [0.29, 0.717) is 16.5 Å². The molecule has 1 N–H and O–H groups in total. The van der Waals surface area contributed by atoms with Gasteiger partial charge >= 0.3 is 0 Å². The Hall–Kier alpha value is -2.09. The number of halogens is 1. The highest BCUT2D eigenvalue weighted by atomic mass is 35.5. The molecule has 2 aromatic carbocycles. The fraction of sp³-hybridized carbons (Fsp3) is 0.278. The van der Waals surface area contributed by atoms with Gasteiger partial charge < -0.3 is 10.1 Å². The fourth-order valence-corrected chi connectivity index (χ4v) is 3.23. The second kappa shape index (κ2) is 8.07. The molecule has 26 heavy (non-hydrogen) atoms. The fourth-order valence-electron chi connectivity index (χ4n) is 2.13. The molecule has 0 spiro atoms. The smallest absolute Gasteiger partial charge is 0.265 e. The van der Waals surface area contributed by atoms with E-state index < -0.39 is 22.0 Å². The van der Waals surface area contributed by atoms with Gasteiger partial charge in [-0.1, -0.05) is 29.8 Å². The van der Waals surface area contributed by atoms with Crippen molar-refractivity contribution < 1.29 is 17.9 Å². The summed E-state index contributed by atoms with van der Waals surface area (Å²) < 4.78 is 31.2. The van der Waals surface area contributed by atoms with Crippen molar-refractivity contribution in [3.05, 3.63) is 53.1 Å². The zero-order chi connectivity index (χ0) is 19.5. The number of carbonyl (C=O) groups is 1. The molecule has 1 unspecified atom stereocenters. The van der Waals surface area contributed by atoms with Gasteiger partial charge in [-0.2, -0.15) is 0 Å². The summed E-state index contributed by atoms with van der Waals surface area (Å²) in [6.07, 6.45) is -0.816. The number of nitrogens with zero attached hydrogens (tertiary/aromatic N) is 1. The van der Waals surface area contributed by atoms with Crippen molar-refractivity contribution in [2.75, 3.05) is 19.4 Å². The molecule has 0 saturated carbocycles. The molecule has 0 aliphatic rings. The number of rotatable bonds is 6. The number of nitrogens with one attached hydrogen (secondary N) is 1. The molecule has 8 heteroatoms. The van der Waals surface area contributed by atoms with Gasteiger partial charge in [0.15, 0.2) is 6.10 Å². The monoisotopic (exact) mass is 396 g/mol. The number of hydrogen-bond acceptors (Lipinski definition) is 4. The number of anilines is 1. The Kier molecular flexibility index (Phi) is 6.28. The van der Waals surface area contributed by atoms with Crippen LogP contribution in [0.25, 0.3) is 0 Å². The van der Waals surface area contributed by atoms with Crippen molar-refractivity contribution in [1.29, 1.82) is 0 Å². The Morgan fingerprint density at radius 1 is 1.19 bits per heavy atom. The Morgan fingerprint density at radius 3 is 2.46 bits per heavy atom. The molecule has 6 nitrogen and oxygen atoms in total. The third-order valence-electron chi connectivity index (χ3n) is 3.76. The molecule has 140 valence electrons. The second-order valence-corrected chi connectivity index (χ2v) is 8.50. The van der Waals surface area contributed by atoms with Gasteiger partial charge in [0.05, 0.1) is 9.92 Å². The summed E-state index contributed by atoms with van der Waals surface area (Å²) in [5, 5.41) is 3.12. The van der Waals surface area contributed by atoms with E-state index in [2.05, 4.69) is 5.32 Å². The lowest BCUT2D eigenvalue weighted by molar-refractivity contribution is -0.122. The van der Waals surface area contributed by atoms with Crippen LogP contribution in [0, 0.1) is 6.92 Å². The number of carbonyl (C=O) groups excluding carboxylic acids is 1. The Morgan fingerprint density at radius 2 is 1.85 bits per heavy atom. The van der Waals surface area contributed by atoms with E-state index in [-0.39, 0.29) is 4.90 Å². The summed E-state index contributed by atoms with van der Waals surface area (Å²) in [7, 11) is -0.690. The van der Waals surface area contributed by atoms with Gasteiger partial charge in [-0.3, -0.25) is 4.79 Å². The van der Waals surface area contributed by atoms with E-state index in [1.165, 1.54) is 26.2 Å². The van der Waals surface area contributed by atoms with Gasteiger partial charge in [-0.15, -0.1) is 0 Å². The van der Waals surface area contributed by atoms with Crippen LogP contribution in [0.3, 0.4) is 0 Å². The van der Waals surface area contributed by atoms with E-state index in [4.69, 9.17) is 16.3 Å². The molecule has 0 aromatic heterocycles. The molecule has 0 aliphatic heterocycles. The molecule has 0 bridgehead atoms. The van der Waals surface area contributed by atoms with Crippen molar-refractivity contribution >= 4 is 33.2 Å². The van der Waals surface area contributed by atoms with Gasteiger partial charge in [-0.25, -0.2) is 12.7 Å². The molecule has 0 saturated heterocycles. The van der Waals surface area contributed by atoms with E-state index in [1.807, 2.05) is 0 Å². The first-order valence-corrected chi connectivity index (χ1v) is 9.70. The third-order valence-corrected chi connectivity index (χ3v) is 5.88. The van der Waals surface area contributed by atoms with Crippen LogP contribution in [0.2, 0.25) is 5.02 Å². The zero-order valence-electron chi connectivity index (χ0n) is 15.0. The van der Waals surface area contributed by atoms with Crippen molar-refractivity contribution in [3.8, 4) is 5.75 Å². The van der Waals surface area contributed by atoms with Crippen LogP contribution in [0.1, 0.15) is 12.5 Å². The minimum absolute atomic E-state index is 0.100. The number of ether oxygens (including phenoxy) is 1. The summed E-state index contributed by atoms with van der Waals surface area (Å²) in [5.74, 6) is -0.00936. The van der Waals surface area contributed by atoms with Crippen LogP contribution in [0.4, 0.5) is 5.69 Å². The van der Waals surface area contributed by atoms with Gasteiger partial charge in [-0.05, 0) is 43.7 Å². The zero-order valence-corrected chi connectivity index (χ0v) is 16.6. The Balaban J connectivity index is 2.19. The maximum absolute atomic E-state index is 12.4. The normalized spacial score (nSPS) is 12.7. The molecule has 1 atom stereocenters. The van der Waals surface area contributed by atoms with Gasteiger partial charge in [0.25, 0.3) is 5.91 Å². The standard InChI is InChI=1S/C18H21ClN2O4S/c1-12-9-10-14(26(23,24)21(3)4)11-16(12)20-18(22)13(2)25-17-8-6-5-7-15(17)19/h5-11,13H,1-4H3,(H,20,22). The topological polar surface area (TPSA) is 75.7 Å². The van der Waals surface area contributed by atoms with Crippen molar-refractivity contribution in [2.24, 2.45) is 0 Å². The van der Waals surface area contributed by atoms with Crippen molar-refractivity contribution in [3.63, 3.8) is 0 Å².